The molecule has 11 heavy (non-hydrogen) atoms. The third-order valence-electron chi connectivity index (χ3n) is 2.97. The fourth-order valence-electron chi connectivity index (χ4n) is 2.38. The number of rotatable bonds is 2. The average Bonchev–Trinajstić information content (AvgIpc) is 2.61. The van der Waals surface area contributed by atoms with Crippen molar-refractivity contribution in [2.24, 2.45) is 5.92 Å². The second-order valence-electron chi connectivity index (χ2n) is 4.03. The molecule has 3 atom stereocenters. The van der Waals surface area contributed by atoms with Crippen molar-refractivity contribution in [3.05, 3.63) is 0 Å². The quantitative estimate of drug-likeness (QED) is 0.626. The SMILES string of the molecule is CSC1CC2CC2N1C(C)C. The predicted molar refractivity (Wildman–Crippen MR) is 50.8 cm³/mol. The van der Waals surface area contributed by atoms with Crippen LogP contribution in [-0.4, -0.2) is 28.6 Å². The summed E-state index contributed by atoms with van der Waals surface area (Å²) in [5.74, 6) is 1.06. The first kappa shape index (κ1) is 7.93. The zero-order valence-electron chi connectivity index (χ0n) is 7.58. The summed E-state index contributed by atoms with van der Waals surface area (Å²) in [5, 5.41) is 0.832. The first-order valence-corrected chi connectivity index (χ1v) is 5.83. The maximum Gasteiger partial charge on any atom is 0.0562 e. The fraction of sp³-hybridized carbons (Fsp3) is 1.00. The Hall–Kier alpha value is 0.310. The van der Waals surface area contributed by atoms with Gasteiger partial charge in [-0.05, 0) is 38.9 Å². The van der Waals surface area contributed by atoms with Crippen molar-refractivity contribution >= 4 is 11.8 Å². The lowest BCUT2D eigenvalue weighted by molar-refractivity contribution is 0.223. The molecule has 0 radical (unpaired) electrons. The summed E-state index contributed by atoms with van der Waals surface area (Å²) in [6.45, 7) is 4.65. The molecule has 0 aromatic rings. The predicted octanol–water partition coefficient (Wildman–Crippen LogP) is 2.18. The molecule has 0 N–H and O–H groups in total. The molecule has 0 spiro atoms. The zero-order chi connectivity index (χ0) is 8.01. The minimum atomic E-state index is 0.755. The van der Waals surface area contributed by atoms with E-state index in [4.69, 9.17) is 0 Å². The Morgan fingerprint density at radius 2 is 2.09 bits per heavy atom. The molecule has 2 fully saturated rings. The van der Waals surface area contributed by atoms with Gasteiger partial charge in [-0.2, -0.15) is 0 Å². The van der Waals surface area contributed by atoms with Crippen molar-refractivity contribution in [1.82, 2.24) is 4.90 Å². The van der Waals surface area contributed by atoms with E-state index in [1.807, 2.05) is 11.8 Å². The van der Waals surface area contributed by atoms with Gasteiger partial charge in [0.05, 0.1) is 5.37 Å². The summed E-state index contributed by atoms with van der Waals surface area (Å²) in [6, 6.07) is 1.72. The molecule has 0 bridgehead atoms. The maximum absolute atomic E-state index is 2.70. The van der Waals surface area contributed by atoms with Gasteiger partial charge in [-0.1, -0.05) is 0 Å². The zero-order valence-corrected chi connectivity index (χ0v) is 8.40. The lowest BCUT2D eigenvalue weighted by Crippen LogP contribution is -2.36. The van der Waals surface area contributed by atoms with Gasteiger partial charge in [-0.3, -0.25) is 4.90 Å². The average molecular weight is 171 g/mol. The van der Waals surface area contributed by atoms with Crippen LogP contribution in [0.3, 0.4) is 0 Å². The number of piperidine rings is 1. The molecule has 3 unspecified atom stereocenters. The highest BCUT2D eigenvalue weighted by Gasteiger charge is 2.52. The van der Waals surface area contributed by atoms with E-state index in [0.717, 1.165) is 23.4 Å². The summed E-state index contributed by atoms with van der Waals surface area (Å²) in [6.07, 6.45) is 5.17. The van der Waals surface area contributed by atoms with Gasteiger partial charge in [-0.25, -0.2) is 0 Å². The van der Waals surface area contributed by atoms with Gasteiger partial charge in [0.2, 0.25) is 0 Å². The molecule has 2 heteroatoms. The normalized spacial score (nSPS) is 43.1. The van der Waals surface area contributed by atoms with E-state index < -0.39 is 0 Å². The van der Waals surface area contributed by atoms with E-state index in [9.17, 15) is 0 Å². The summed E-state index contributed by atoms with van der Waals surface area (Å²) >= 11 is 2.03. The Morgan fingerprint density at radius 1 is 1.36 bits per heavy atom. The lowest BCUT2D eigenvalue weighted by Gasteiger charge is -2.29. The van der Waals surface area contributed by atoms with Gasteiger partial charge in [0, 0.05) is 12.1 Å². The van der Waals surface area contributed by atoms with E-state index in [0.29, 0.717) is 0 Å². The Kier molecular flexibility index (Phi) is 1.92. The van der Waals surface area contributed by atoms with Crippen molar-refractivity contribution in [2.75, 3.05) is 6.26 Å². The maximum atomic E-state index is 2.70. The second-order valence-corrected chi connectivity index (χ2v) is 5.05. The van der Waals surface area contributed by atoms with Crippen LogP contribution in [0, 0.1) is 5.92 Å². The highest BCUT2D eigenvalue weighted by atomic mass is 32.2. The molecule has 0 amide bonds. The minimum absolute atomic E-state index is 0.755. The summed E-state index contributed by atoms with van der Waals surface area (Å²) in [4.78, 5) is 2.70. The number of nitrogens with zero attached hydrogens (tertiary/aromatic N) is 1. The van der Waals surface area contributed by atoms with Crippen molar-refractivity contribution < 1.29 is 0 Å². The van der Waals surface area contributed by atoms with Gasteiger partial charge >= 0.3 is 0 Å². The Balaban J connectivity index is 2.03. The number of fused-ring (bicyclic) bond motifs is 1. The minimum Gasteiger partial charge on any atom is -0.286 e. The molecule has 0 aromatic carbocycles. The molecular formula is C9H17NS. The topological polar surface area (TPSA) is 3.24 Å². The molecule has 2 aliphatic rings. The molecule has 1 saturated carbocycles. The molecule has 1 saturated heterocycles. The Bertz CT molecular complexity index is 158. The smallest absolute Gasteiger partial charge is 0.0562 e. The number of hydrogen-bond donors (Lipinski definition) is 0. The summed E-state index contributed by atoms with van der Waals surface area (Å²) < 4.78 is 0. The van der Waals surface area contributed by atoms with E-state index in [-0.39, 0.29) is 0 Å². The molecule has 1 heterocycles. The van der Waals surface area contributed by atoms with Crippen molar-refractivity contribution in [1.29, 1.82) is 0 Å². The largest absolute Gasteiger partial charge is 0.286 e. The Labute approximate surface area is 73.5 Å². The van der Waals surface area contributed by atoms with Crippen LogP contribution < -0.4 is 0 Å². The van der Waals surface area contributed by atoms with Crippen LogP contribution in [0.15, 0.2) is 0 Å². The first-order valence-electron chi connectivity index (χ1n) is 4.54. The lowest BCUT2D eigenvalue weighted by atomic mass is 10.3. The van der Waals surface area contributed by atoms with Crippen LogP contribution >= 0.6 is 11.8 Å². The standard InChI is InChI=1S/C9H17NS/c1-6(2)10-8-4-7(8)5-9(10)11-3/h6-9H,4-5H2,1-3H3. The number of hydrogen-bond acceptors (Lipinski definition) is 2. The second kappa shape index (κ2) is 2.67. The van der Waals surface area contributed by atoms with E-state index in [1.165, 1.54) is 12.8 Å². The third-order valence-corrected chi connectivity index (χ3v) is 3.95. The van der Waals surface area contributed by atoms with E-state index >= 15 is 0 Å². The summed E-state index contributed by atoms with van der Waals surface area (Å²) in [7, 11) is 0. The molecule has 2 rings (SSSR count). The fourth-order valence-corrected chi connectivity index (χ4v) is 3.46. The third kappa shape index (κ3) is 1.20. The molecule has 1 nitrogen and oxygen atoms in total. The van der Waals surface area contributed by atoms with E-state index in [2.05, 4.69) is 25.0 Å². The van der Waals surface area contributed by atoms with Crippen molar-refractivity contribution in [2.45, 2.75) is 44.1 Å². The summed E-state index contributed by atoms with van der Waals surface area (Å²) in [5.41, 5.74) is 0. The first-order chi connectivity index (χ1) is 5.24. The van der Waals surface area contributed by atoms with Gasteiger partial charge in [0.1, 0.15) is 0 Å². The highest BCUT2D eigenvalue weighted by Crippen LogP contribution is 2.50. The van der Waals surface area contributed by atoms with Crippen LogP contribution in [0.5, 0.6) is 0 Å². The van der Waals surface area contributed by atoms with Gasteiger partial charge in [0.15, 0.2) is 0 Å². The Morgan fingerprint density at radius 3 is 2.55 bits per heavy atom. The van der Waals surface area contributed by atoms with Crippen molar-refractivity contribution in [3.63, 3.8) is 0 Å². The van der Waals surface area contributed by atoms with Crippen LogP contribution in [0.25, 0.3) is 0 Å². The van der Waals surface area contributed by atoms with Gasteiger partial charge in [-0.15, -0.1) is 11.8 Å². The number of thioether (sulfide) groups is 1. The monoisotopic (exact) mass is 171 g/mol. The van der Waals surface area contributed by atoms with Crippen LogP contribution in [-0.2, 0) is 0 Å². The van der Waals surface area contributed by atoms with Gasteiger partial charge < -0.3 is 0 Å². The van der Waals surface area contributed by atoms with Crippen LogP contribution in [0.2, 0.25) is 0 Å². The molecular weight excluding hydrogens is 154 g/mol. The molecule has 1 aliphatic heterocycles. The van der Waals surface area contributed by atoms with Crippen LogP contribution in [0.4, 0.5) is 0 Å². The van der Waals surface area contributed by atoms with Crippen LogP contribution in [0.1, 0.15) is 26.7 Å². The highest BCUT2D eigenvalue weighted by molar-refractivity contribution is 7.99. The number of likely N-dealkylation sites (tertiary alicyclic amines) is 1. The molecule has 64 valence electrons. The molecule has 1 aliphatic carbocycles. The molecule has 0 aromatic heterocycles. The van der Waals surface area contributed by atoms with Crippen molar-refractivity contribution in [3.8, 4) is 0 Å². The van der Waals surface area contributed by atoms with E-state index in [1.54, 1.807) is 0 Å². The van der Waals surface area contributed by atoms with Gasteiger partial charge in [0.25, 0.3) is 0 Å².